The lowest BCUT2D eigenvalue weighted by Gasteiger charge is -2.07. The van der Waals surface area contributed by atoms with E-state index in [-0.39, 0.29) is 5.88 Å². The zero-order valence-electron chi connectivity index (χ0n) is 10.7. The molecule has 0 saturated heterocycles. The average Bonchev–Trinajstić information content (AvgIpc) is 2.92. The molecule has 0 fully saturated rings. The Morgan fingerprint density at radius 1 is 1.47 bits per heavy atom. The van der Waals surface area contributed by atoms with Crippen molar-refractivity contribution in [2.45, 2.75) is 19.8 Å². The fraction of sp³-hybridized carbons (Fsp3) is 0.385. The quantitative estimate of drug-likeness (QED) is 0.847. The first kappa shape index (κ1) is 13.7. The molecular weight excluding hydrogens is 265 g/mol. The van der Waals surface area contributed by atoms with Gasteiger partial charge < -0.3 is 10.1 Å². The molecule has 0 radical (unpaired) electrons. The SMILES string of the molecule is CCCNc1ncc(F)c(OCCc2cccs2)n1. The minimum absolute atomic E-state index is 0.00478. The summed E-state index contributed by atoms with van der Waals surface area (Å²) in [5, 5.41) is 5.01. The smallest absolute Gasteiger partial charge is 0.255 e. The maximum Gasteiger partial charge on any atom is 0.255 e. The Kier molecular flexibility index (Phi) is 5.09. The molecule has 2 heterocycles. The van der Waals surface area contributed by atoms with E-state index in [4.69, 9.17) is 4.74 Å². The molecule has 0 aromatic carbocycles. The number of rotatable bonds is 7. The molecule has 0 atom stereocenters. The summed E-state index contributed by atoms with van der Waals surface area (Å²) in [4.78, 5) is 9.08. The van der Waals surface area contributed by atoms with Crippen LogP contribution < -0.4 is 10.1 Å². The van der Waals surface area contributed by atoms with Gasteiger partial charge in [0.05, 0.1) is 12.8 Å². The molecule has 0 aliphatic carbocycles. The fourth-order valence-electron chi connectivity index (χ4n) is 1.48. The molecule has 1 N–H and O–H groups in total. The lowest BCUT2D eigenvalue weighted by atomic mass is 10.4. The Hall–Kier alpha value is -1.69. The number of anilines is 1. The molecule has 0 bridgehead atoms. The Morgan fingerprint density at radius 2 is 2.37 bits per heavy atom. The van der Waals surface area contributed by atoms with Crippen molar-refractivity contribution in [3.8, 4) is 5.88 Å². The third-order valence-corrected chi connectivity index (χ3v) is 3.35. The van der Waals surface area contributed by atoms with E-state index < -0.39 is 5.82 Å². The largest absolute Gasteiger partial charge is 0.475 e. The van der Waals surface area contributed by atoms with Crippen LogP contribution in [0.5, 0.6) is 5.88 Å². The molecule has 6 heteroatoms. The van der Waals surface area contributed by atoms with E-state index in [0.29, 0.717) is 12.6 Å². The predicted octanol–water partition coefficient (Wildman–Crippen LogP) is 3.12. The van der Waals surface area contributed by atoms with E-state index in [1.807, 2.05) is 24.4 Å². The van der Waals surface area contributed by atoms with Gasteiger partial charge in [0, 0.05) is 17.8 Å². The zero-order chi connectivity index (χ0) is 13.5. The van der Waals surface area contributed by atoms with Crippen molar-refractivity contribution < 1.29 is 9.13 Å². The number of halogens is 1. The molecule has 0 amide bonds. The summed E-state index contributed by atoms with van der Waals surface area (Å²) < 4.78 is 18.9. The second-order valence-corrected chi connectivity index (χ2v) is 4.98. The number of hydrogen-bond donors (Lipinski definition) is 1. The molecule has 2 rings (SSSR count). The average molecular weight is 281 g/mol. The van der Waals surface area contributed by atoms with Crippen LogP contribution in [0, 0.1) is 5.82 Å². The lowest BCUT2D eigenvalue weighted by Crippen LogP contribution is -2.08. The summed E-state index contributed by atoms with van der Waals surface area (Å²) >= 11 is 1.66. The van der Waals surface area contributed by atoms with Crippen LogP contribution in [0.25, 0.3) is 0 Å². The van der Waals surface area contributed by atoms with Crippen molar-refractivity contribution in [1.29, 1.82) is 0 Å². The highest BCUT2D eigenvalue weighted by Crippen LogP contribution is 2.16. The summed E-state index contributed by atoms with van der Waals surface area (Å²) in [6.45, 7) is 3.19. The number of hydrogen-bond acceptors (Lipinski definition) is 5. The van der Waals surface area contributed by atoms with Gasteiger partial charge in [-0.3, -0.25) is 0 Å². The number of ether oxygens (including phenoxy) is 1. The maximum absolute atomic E-state index is 13.5. The van der Waals surface area contributed by atoms with Gasteiger partial charge in [-0.05, 0) is 17.9 Å². The molecule has 2 aromatic rings. The van der Waals surface area contributed by atoms with Crippen molar-refractivity contribution in [2.24, 2.45) is 0 Å². The standard InChI is InChI=1S/C13H16FN3OS/c1-2-6-15-13-16-9-11(14)12(17-13)18-7-5-10-4-3-8-19-10/h3-4,8-9H,2,5-7H2,1H3,(H,15,16,17). The van der Waals surface area contributed by atoms with Crippen molar-refractivity contribution in [2.75, 3.05) is 18.5 Å². The van der Waals surface area contributed by atoms with E-state index in [1.165, 1.54) is 4.88 Å². The highest BCUT2D eigenvalue weighted by molar-refractivity contribution is 7.09. The van der Waals surface area contributed by atoms with Gasteiger partial charge in [-0.25, -0.2) is 4.98 Å². The van der Waals surface area contributed by atoms with E-state index in [0.717, 1.165) is 25.6 Å². The molecule has 19 heavy (non-hydrogen) atoms. The Bertz CT molecular complexity index is 505. The van der Waals surface area contributed by atoms with E-state index in [9.17, 15) is 4.39 Å². The third kappa shape index (κ3) is 4.17. The van der Waals surface area contributed by atoms with Crippen LogP contribution in [-0.2, 0) is 6.42 Å². The first-order valence-corrected chi connectivity index (χ1v) is 7.09. The van der Waals surface area contributed by atoms with Crippen LogP contribution in [0.2, 0.25) is 0 Å². The molecule has 0 aliphatic heterocycles. The fourth-order valence-corrected chi connectivity index (χ4v) is 2.17. The Labute approximate surface area is 115 Å². The number of nitrogens with zero attached hydrogens (tertiary/aromatic N) is 2. The van der Waals surface area contributed by atoms with Crippen molar-refractivity contribution in [3.05, 3.63) is 34.4 Å². The normalized spacial score (nSPS) is 10.4. The molecule has 0 unspecified atom stereocenters. The first-order chi connectivity index (χ1) is 9.29. The molecular formula is C13H16FN3OS. The number of aromatic nitrogens is 2. The van der Waals surface area contributed by atoms with Crippen LogP contribution in [0.15, 0.2) is 23.7 Å². The van der Waals surface area contributed by atoms with Gasteiger partial charge in [0.1, 0.15) is 0 Å². The number of thiophene rings is 1. The van der Waals surface area contributed by atoms with E-state index in [2.05, 4.69) is 15.3 Å². The molecule has 0 saturated carbocycles. The summed E-state index contributed by atoms with van der Waals surface area (Å²) in [5.41, 5.74) is 0. The molecule has 4 nitrogen and oxygen atoms in total. The lowest BCUT2D eigenvalue weighted by molar-refractivity contribution is 0.292. The minimum atomic E-state index is -0.534. The predicted molar refractivity (Wildman–Crippen MR) is 74.3 cm³/mol. The van der Waals surface area contributed by atoms with Gasteiger partial charge in [-0.2, -0.15) is 9.37 Å². The van der Waals surface area contributed by atoms with Gasteiger partial charge in [-0.1, -0.05) is 13.0 Å². The maximum atomic E-state index is 13.5. The second kappa shape index (κ2) is 7.04. The molecule has 2 aromatic heterocycles. The summed E-state index contributed by atoms with van der Waals surface area (Å²) in [5.74, 6) is -0.132. The molecule has 0 spiro atoms. The summed E-state index contributed by atoms with van der Waals surface area (Å²) in [6, 6.07) is 4.01. The van der Waals surface area contributed by atoms with Crippen LogP contribution >= 0.6 is 11.3 Å². The highest BCUT2D eigenvalue weighted by atomic mass is 32.1. The van der Waals surface area contributed by atoms with Crippen molar-refractivity contribution >= 4 is 17.3 Å². The highest BCUT2D eigenvalue weighted by Gasteiger charge is 2.08. The molecule has 0 aliphatic rings. The van der Waals surface area contributed by atoms with Crippen LogP contribution in [0.3, 0.4) is 0 Å². The number of nitrogens with one attached hydrogen (secondary N) is 1. The zero-order valence-corrected chi connectivity index (χ0v) is 11.5. The van der Waals surface area contributed by atoms with Crippen LogP contribution in [0.1, 0.15) is 18.2 Å². The van der Waals surface area contributed by atoms with Crippen LogP contribution in [-0.4, -0.2) is 23.1 Å². The second-order valence-electron chi connectivity index (χ2n) is 3.95. The Morgan fingerprint density at radius 3 is 3.11 bits per heavy atom. The van der Waals surface area contributed by atoms with Gasteiger partial charge >= 0.3 is 0 Å². The first-order valence-electron chi connectivity index (χ1n) is 6.21. The minimum Gasteiger partial charge on any atom is -0.475 e. The topological polar surface area (TPSA) is 47.0 Å². The monoisotopic (exact) mass is 281 g/mol. The summed E-state index contributed by atoms with van der Waals surface area (Å²) in [6.07, 6.45) is 2.83. The Balaban J connectivity index is 1.90. The van der Waals surface area contributed by atoms with Gasteiger partial charge in [0.2, 0.25) is 11.8 Å². The van der Waals surface area contributed by atoms with Gasteiger partial charge in [-0.15, -0.1) is 11.3 Å². The van der Waals surface area contributed by atoms with E-state index >= 15 is 0 Å². The van der Waals surface area contributed by atoms with Crippen molar-refractivity contribution in [3.63, 3.8) is 0 Å². The van der Waals surface area contributed by atoms with Gasteiger partial charge in [0.25, 0.3) is 5.88 Å². The van der Waals surface area contributed by atoms with Crippen LogP contribution in [0.4, 0.5) is 10.3 Å². The molecule has 102 valence electrons. The summed E-state index contributed by atoms with van der Waals surface area (Å²) in [7, 11) is 0. The third-order valence-electron chi connectivity index (χ3n) is 2.41. The van der Waals surface area contributed by atoms with Gasteiger partial charge in [0.15, 0.2) is 0 Å². The van der Waals surface area contributed by atoms with Crippen molar-refractivity contribution in [1.82, 2.24) is 9.97 Å². The van der Waals surface area contributed by atoms with E-state index in [1.54, 1.807) is 11.3 Å².